The molecule has 0 bridgehead atoms. The Labute approximate surface area is 141 Å². The smallest absolute Gasteiger partial charge is 0.395 e. The molecule has 0 saturated heterocycles. The van der Waals surface area contributed by atoms with Crippen molar-refractivity contribution < 1.29 is 14.3 Å². The molecule has 0 heterocycles. The van der Waals surface area contributed by atoms with E-state index < -0.39 is 6.16 Å². The molecule has 4 nitrogen and oxygen atoms in total. The molecule has 0 amide bonds. The van der Waals surface area contributed by atoms with Crippen molar-refractivity contribution in [1.29, 1.82) is 0 Å². The van der Waals surface area contributed by atoms with E-state index in [-0.39, 0.29) is 0 Å². The Morgan fingerprint density at radius 2 is 1.52 bits per heavy atom. The summed E-state index contributed by atoms with van der Waals surface area (Å²) in [6.45, 7) is 6.08. The van der Waals surface area contributed by atoms with Gasteiger partial charge in [0, 0.05) is 11.6 Å². The predicted octanol–water partition coefficient (Wildman–Crippen LogP) is 4.66. The second-order valence-corrected chi connectivity index (χ2v) is 6.01. The summed E-state index contributed by atoms with van der Waals surface area (Å²) in [7, 11) is 0. The summed E-state index contributed by atoms with van der Waals surface area (Å²) in [5.74, 6) is 1.44. The normalized spacial score (nSPS) is 10.6. The van der Waals surface area contributed by atoms with E-state index in [9.17, 15) is 4.79 Å². The number of rotatable bonds is 6. The van der Waals surface area contributed by atoms with Gasteiger partial charge >= 0.3 is 6.16 Å². The fraction of sp³-hybridized carbons (Fsp3) is 0.278. The van der Waals surface area contributed by atoms with Gasteiger partial charge in [-0.3, -0.25) is 0 Å². The van der Waals surface area contributed by atoms with Crippen LogP contribution in [0.3, 0.4) is 0 Å². The number of carbonyl (C=O) groups excluding carboxylic acids is 1. The number of benzene rings is 2. The second kappa shape index (κ2) is 8.56. The summed E-state index contributed by atoms with van der Waals surface area (Å²) >= 11 is 5.77. The predicted molar refractivity (Wildman–Crippen MR) is 91.1 cm³/mol. The monoisotopic (exact) mass is 333 g/mol. The van der Waals surface area contributed by atoms with Gasteiger partial charge in [0.25, 0.3) is 0 Å². The van der Waals surface area contributed by atoms with E-state index in [1.54, 1.807) is 36.4 Å². The van der Waals surface area contributed by atoms with E-state index in [4.69, 9.17) is 21.1 Å². The van der Waals surface area contributed by atoms with Crippen molar-refractivity contribution in [3.05, 3.63) is 59.1 Å². The Morgan fingerprint density at radius 1 is 1.00 bits per heavy atom. The highest BCUT2D eigenvalue weighted by atomic mass is 35.5. The van der Waals surface area contributed by atoms with Gasteiger partial charge in [-0.05, 0) is 54.4 Å². The minimum atomic E-state index is -0.780. The third-order valence-electron chi connectivity index (χ3n) is 3.02. The summed E-state index contributed by atoms with van der Waals surface area (Å²) in [6.07, 6.45) is -0.780. The van der Waals surface area contributed by atoms with Crippen LogP contribution in [0.5, 0.6) is 11.5 Å². The van der Waals surface area contributed by atoms with Crippen LogP contribution in [-0.2, 0) is 6.54 Å². The van der Waals surface area contributed by atoms with Gasteiger partial charge in [-0.1, -0.05) is 37.6 Å². The summed E-state index contributed by atoms with van der Waals surface area (Å²) in [5.41, 5.74) is 1.13. The van der Waals surface area contributed by atoms with E-state index >= 15 is 0 Å². The molecule has 2 rings (SSSR count). The van der Waals surface area contributed by atoms with Crippen molar-refractivity contribution in [1.82, 2.24) is 5.32 Å². The Balaban J connectivity index is 1.82. The molecule has 0 aliphatic rings. The molecule has 2 aromatic carbocycles. The van der Waals surface area contributed by atoms with Gasteiger partial charge < -0.3 is 14.8 Å². The Hall–Kier alpha value is -2.04. The first-order valence-electron chi connectivity index (χ1n) is 7.48. The molecule has 0 radical (unpaired) electrons. The van der Waals surface area contributed by atoms with Gasteiger partial charge in [0.2, 0.25) is 0 Å². The summed E-state index contributed by atoms with van der Waals surface area (Å²) in [6, 6.07) is 13.8. The highest BCUT2D eigenvalue weighted by molar-refractivity contribution is 6.30. The van der Waals surface area contributed by atoms with E-state index in [2.05, 4.69) is 19.2 Å². The maximum atomic E-state index is 11.7. The quantitative estimate of drug-likeness (QED) is 0.616. The minimum Gasteiger partial charge on any atom is -0.395 e. The largest absolute Gasteiger partial charge is 0.519 e. The first-order chi connectivity index (χ1) is 11.0. The van der Waals surface area contributed by atoms with Crippen molar-refractivity contribution in [2.24, 2.45) is 5.92 Å². The molecule has 23 heavy (non-hydrogen) atoms. The lowest BCUT2D eigenvalue weighted by Gasteiger charge is -2.08. The SMILES string of the molecule is CC(C)CNCc1ccc(OC(=O)Oc2ccc(Cl)cc2)cc1. The highest BCUT2D eigenvalue weighted by Gasteiger charge is 2.08. The van der Waals surface area contributed by atoms with E-state index in [1.807, 2.05) is 12.1 Å². The zero-order valence-corrected chi connectivity index (χ0v) is 14.0. The third-order valence-corrected chi connectivity index (χ3v) is 3.27. The maximum absolute atomic E-state index is 11.7. The van der Waals surface area contributed by atoms with Crippen LogP contribution >= 0.6 is 11.6 Å². The molecule has 0 saturated carbocycles. The Kier molecular flexibility index (Phi) is 6.44. The Bertz CT molecular complexity index is 624. The molecule has 2 aromatic rings. The summed E-state index contributed by atoms with van der Waals surface area (Å²) in [4.78, 5) is 11.7. The summed E-state index contributed by atoms with van der Waals surface area (Å²) in [5, 5.41) is 3.93. The number of carbonyl (C=O) groups is 1. The van der Waals surface area contributed by atoms with E-state index in [0.717, 1.165) is 18.7 Å². The fourth-order valence-electron chi connectivity index (χ4n) is 1.90. The van der Waals surface area contributed by atoms with Crippen LogP contribution in [0.15, 0.2) is 48.5 Å². The molecule has 0 spiro atoms. The maximum Gasteiger partial charge on any atom is 0.519 e. The Morgan fingerprint density at radius 3 is 2.04 bits per heavy atom. The molecule has 122 valence electrons. The molecular weight excluding hydrogens is 314 g/mol. The van der Waals surface area contributed by atoms with Gasteiger partial charge in [0.15, 0.2) is 0 Å². The molecule has 0 aliphatic heterocycles. The minimum absolute atomic E-state index is 0.383. The third kappa shape index (κ3) is 6.30. The molecule has 0 unspecified atom stereocenters. The molecule has 0 aromatic heterocycles. The van der Waals surface area contributed by atoms with Crippen molar-refractivity contribution >= 4 is 17.8 Å². The molecular formula is C18H20ClNO3. The van der Waals surface area contributed by atoms with Gasteiger partial charge in [-0.15, -0.1) is 0 Å². The van der Waals surface area contributed by atoms with Crippen LogP contribution in [0.2, 0.25) is 5.02 Å². The molecule has 0 aliphatic carbocycles. The highest BCUT2D eigenvalue weighted by Crippen LogP contribution is 2.17. The number of hydrogen-bond donors (Lipinski definition) is 1. The lowest BCUT2D eigenvalue weighted by atomic mass is 10.2. The second-order valence-electron chi connectivity index (χ2n) is 5.58. The number of halogens is 1. The van der Waals surface area contributed by atoms with Crippen molar-refractivity contribution in [2.45, 2.75) is 20.4 Å². The van der Waals surface area contributed by atoms with Crippen molar-refractivity contribution in [2.75, 3.05) is 6.54 Å². The zero-order chi connectivity index (χ0) is 16.7. The van der Waals surface area contributed by atoms with Gasteiger partial charge in [0.05, 0.1) is 0 Å². The first-order valence-corrected chi connectivity index (χ1v) is 7.85. The van der Waals surface area contributed by atoms with Crippen molar-refractivity contribution in [3.8, 4) is 11.5 Å². The number of hydrogen-bond acceptors (Lipinski definition) is 4. The standard InChI is InChI=1S/C18H20ClNO3/c1-13(2)11-20-12-14-3-7-16(8-4-14)22-18(21)23-17-9-5-15(19)6-10-17/h3-10,13,20H,11-12H2,1-2H3. The average Bonchev–Trinajstić information content (AvgIpc) is 2.51. The fourth-order valence-corrected chi connectivity index (χ4v) is 2.02. The van der Waals surface area contributed by atoms with Crippen LogP contribution in [0, 0.1) is 5.92 Å². The van der Waals surface area contributed by atoms with Crippen LogP contribution < -0.4 is 14.8 Å². The van der Waals surface area contributed by atoms with E-state index in [0.29, 0.717) is 22.4 Å². The first kappa shape index (κ1) is 17.3. The molecule has 0 fully saturated rings. The topological polar surface area (TPSA) is 47.6 Å². The van der Waals surface area contributed by atoms with Crippen molar-refractivity contribution in [3.63, 3.8) is 0 Å². The van der Waals surface area contributed by atoms with Crippen LogP contribution in [0.25, 0.3) is 0 Å². The number of ether oxygens (including phenoxy) is 2. The van der Waals surface area contributed by atoms with Crippen LogP contribution in [0.4, 0.5) is 4.79 Å². The zero-order valence-electron chi connectivity index (χ0n) is 13.2. The van der Waals surface area contributed by atoms with E-state index in [1.165, 1.54) is 0 Å². The average molecular weight is 334 g/mol. The molecule has 1 N–H and O–H groups in total. The van der Waals surface area contributed by atoms with Gasteiger partial charge in [0.1, 0.15) is 11.5 Å². The molecule has 5 heteroatoms. The van der Waals surface area contributed by atoms with Gasteiger partial charge in [-0.25, -0.2) is 4.79 Å². The van der Waals surface area contributed by atoms with Gasteiger partial charge in [-0.2, -0.15) is 0 Å². The summed E-state index contributed by atoms with van der Waals surface area (Å²) < 4.78 is 10.2. The lowest BCUT2D eigenvalue weighted by molar-refractivity contribution is 0.152. The van der Waals surface area contributed by atoms with Crippen LogP contribution in [-0.4, -0.2) is 12.7 Å². The number of nitrogens with one attached hydrogen (secondary N) is 1. The molecule has 0 atom stereocenters. The lowest BCUT2D eigenvalue weighted by Crippen LogP contribution is -2.19. The van der Waals surface area contributed by atoms with Crippen LogP contribution in [0.1, 0.15) is 19.4 Å².